The Labute approximate surface area is 213 Å². The monoisotopic (exact) mass is 485 g/mol. The fourth-order valence-corrected chi connectivity index (χ4v) is 6.21. The predicted octanol–water partition coefficient (Wildman–Crippen LogP) is 6.29. The maximum Gasteiger partial charge on any atom is 0.162 e. The molecular formula is C31H35NO4. The van der Waals surface area contributed by atoms with Gasteiger partial charge in [0.25, 0.3) is 0 Å². The number of nitrogens with zero attached hydrogens (tertiary/aromatic N) is 1. The molecule has 2 aromatic rings. The Hall–Kier alpha value is -3.34. The minimum Gasteiger partial charge on any atom is -0.504 e. The molecule has 5 rings (SSSR count). The molecule has 3 aliphatic rings. The number of methoxy groups -OCH3 is 1. The molecule has 0 saturated carbocycles. The molecule has 0 saturated heterocycles. The van der Waals surface area contributed by atoms with Crippen molar-refractivity contribution in [3.63, 3.8) is 0 Å². The second-order valence-corrected chi connectivity index (χ2v) is 12.0. The van der Waals surface area contributed by atoms with Gasteiger partial charge in [-0.25, -0.2) is 0 Å². The quantitative estimate of drug-likeness (QED) is 0.552. The molecule has 0 fully saturated rings. The Morgan fingerprint density at radius 1 is 0.861 bits per heavy atom. The second-order valence-electron chi connectivity index (χ2n) is 12.0. The highest BCUT2D eigenvalue weighted by Gasteiger charge is 2.49. The number of hydrogen-bond acceptors (Lipinski definition) is 5. The smallest absolute Gasteiger partial charge is 0.162 e. The highest BCUT2D eigenvalue weighted by Crippen LogP contribution is 2.55. The van der Waals surface area contributed by atoms with Gasteiger partial charge in [0.2, 0.25) is 0 Å². The number of carbonyl (C=O) groups excluding carboxylic acids is 2. The molecule has 0 atom stereocenters. The standard InChI is InChI=1S/C31H35NO4/c1-30(2)14-21-28(24(34)16-30)27(20-11-12-23(33)26(13-20)36-5)29-22(15-31(3,4)17-25(29)35)32(21)18-19-9-7-6-8-10-19/h6-13,27,33H,14-18H2,1-5H3. The fourth-order valence-electron chi connectivity index (χ4n) is 6.21. The van der Waals surface area contributed by atoms with E-state index in [0.717, 1.165) is 46.5 Å². The van der Waals surface area contributed by atoms with Gasteiger partial charge in [0.1, 0.15) is 0 Å². The SMILES string of the molecule is COc1cc(C2C3=C(CC(C)(C)CC3=O)N(Cc3ccccc3)C3=C2C(=O)CC(C)(C)C3)ccc1O. The molecule has 1 N–H and O–H groups in total. The van der Waals surface area contributed by atoms with Crippen LogP contribution in [0.25, 0.3) is 0 Å². The summed E-state index contributed by atoms with van der Waals surface area (Å²) in [5.41, 5.74) is 5.12. The third-order valence-corrected chi connectivity index (χ3v) is 7.74. The van der Waals surface area contributed by atoms with E-state index < -0.39 is 5.92 Å². The molecule has 2 aromatic carbocycles. The summed E-state index contributed by atoms with van der Waals surface area (Å²) in [5, 5.41) is 10.3. The highest BCUT2D eigenvalue weighted by molar-refractivity contribution is 6.06. The number of aromatic hydroxyl groups is 1. The van der Waals surface area contributed by atoms with Crippen molar-refractivity contribution in [3.8, 4) is 11.5 Å². The van der Waals surface area contributed by atoms with Crippen molar-refractivity contribution in [2.24, 2.45) is 10.8 Å². The van der Waals surface area contributed by atoms with Gasteiger partial charge in [-0.15, -0.1) is 0 Å². The zero-order valence-corrected chi connectivity index (χ0v) is 21.9. The minimum atomic E-state index is -0.455. The van der Waals surface area contributed by atoms with Crippen LogP contribution in [0.2, 0.25) is 0 Å². The molecule has 5 heteroatoms. The third-order valence-electron chi connectivity index (χ3n) is 7.74. The van der Waals surface area contributed by atoms with Gasteiger partial charge in [-0.1, -0.05) is 64.1 Å². The molecule has 5 nitrogen and oxygen atoms in total. The Bertz CT molecular complexity index is 1250. The van der Waals surface area contributed by atoms with Crippen LogP contribution in [0, 0.1) is 10.8 Å². The maximum atomic E-state index is 13.9. The number of hydrogen-bond donors (Lipinski definition) is 1. The molecule has 188 valence electrons. The number of carbonyl (C=O) groups is 2. The van der Waals surface area contributed by atoms with Crippen molar-refractivity contribution >= 4 is 11.6 Å². The van der Waals surface area contributed by atoms with Crippen molar-refractivity contribution in [1.29, 1.82) is 0 Å². The molecule has 1 heterocycles. The average Bonchev–Trinajstić information content (AvgIpc) is 2.79. The zero-order valence-electron chi connectivity index (χ0n) is 21.9. The lowest BCUT2D eigenvalue weighted by Gasteiger charge is -2.49. The molecule has 0 aromatic heterocycles. The number of rotatable bonds is 4. The van der Waals surface area contributed by atoms with E-state index in [-0.39, 0.29) is 28.1 Å². The Morgan fingerprint density at radius 2 is 1.42 bits per heavy atom. The summed E-state index contributed by atoms with van der Waals surface area (Å²) in [6.45, 7) is 9.21. The van der Waals surface area contributed by atoms with Gasteiger partial charge in [0, 0.05) is 47.8 Å². The lowest BCUT2D eigenvalue weighted by molar-refractivity contribution is -0.119. The van der Waals surface area contributed by atoms with Gasteiger partial charge in [-0.2, -0.15) is 0 Å². The summed E-state index contributed by atoms with van der Waals surface area (Å²) in [6, 6.07) is 15.5. The minimum absolute atomic E-state index is 0.0402. The Kier molecular flexibility index (Phi) is 5.85. The molecule has 0 amide bonds. The second kappa shape index (κ2) is 8.65. The van der Waals surface area contributed by atoms with Gasteiger partial charge in [-0.3, -0.25) is 9.59 Å². The van der Waals surface area contributed by atoms with Crippen LogP contribution in [-0.2, 0) is 16.1 Å². The molecule has 0 bridgehead atoms. The van der Waals surface area contributed by atoms with Crippen molar-refractivity contribution in [2.45, 2.75) is 65.8 Å². The third kappa shape index (κ3) is 4.25. The van der Waals surface area contributed by atoms with Crippen molar-refractivity contribution in [3.05, 3.63) is 82.2 Å². The average molecular weight is 486 g/mol. The summed E-state index contributed by atoms with van der Waals surface area (Å²) >= 11 is 0. The van der Waals surface area contributed by atoms with Gasteiger partial charge in [0.05, 0.1) is 7.11 Å². The largest absolute Gasteiger partial charge is 0.504 e. The lowest BCUT2D eigenvalue weighted by Crippen LogP contribution is -2.44. The molecule has 2 aliphatic carbocycles. The maximum absolute atomic E-state index is 13.9. The van der Waals surface area contributed by atoms with E-state index in [1.165, 1.54) is 7.11 Å². The molecule has 0 radical (unpaired) electrons. The normalized spacial score (nSPS) is 21.4. The first kappa shape index (κ1) is 24.4. The van der Waals surface area contributed by atoms with Gasteiger partial charge >= 0.3 is 0 Å². The summed E-state index contributed by atoms with van der Waals surface area (Å²) in [4.78, 5) is 30.0. The lowest BCUT2D eigenvalue weighted by atomic mass is 9.63. The van der Waals surface area contributed by atoms with E-state index in [2.05, 4.69) is 44.7 Å². The van der Waals surface area contributed by atoms with Crippen LogP contribution < -0.4 is 4.74 Å². The molecule has 1 aliphatic heterocycles. The van der Waals surface area contributed by atoms with Crippen LogP contribution in [0.4, 0.5) is 0 Å². The molecular weight excluding hydrogens is 450 g/mol. The Balaban J connectivity index is 1.77. The van der Waals surface area contributed by atoms with Crippen molar-refractivity contribution in [2.75, 3.05) is 7.11 Å². The number of phenols is 1. The first-order valence-electron chi connectivity index (χ1n) is 12.7. The number of ketones is 2. The number of allylic oxidation sites excluding steroid dienone is 4. The summed E-state index contributed by atoms with van der Waals surface area (Å²) in [5.74, 6) is 0.124. The van der Waals surface area contributed by atoms with Crippen LogP contribution in [0.15, 0.2) is 71.1 Å². The van der Waals surface area contributed by atoms with Gasteiger partial charge in [-0.05, 0) is 46.9 Å². The van der Waals surface area contributed by atoms with E-state index in [1.54, 1.807) is 12.1 Å². The number of benzene rings is 2. The Morgan fingerprint density at radius 3 is 1.94 bits per heavy atom. The topological polar surface area (TPSA) is 66.8 Å². The molecule has 36 heavy (non-hydrogen) atoms. The van der Waals surface area contributed by atoms with Gasteiger partial charge in [0.15, 0.2) is 23.1 Å². The zero-order chi connectivity index (χ0) is 25.8. The number of Topliss-reactive ketones (excluding diaryl/α,β-unsaturated/α-hetero) is 2. The van der Waals surface area contributed by atoms with Crippen LogP contribution >= 0.6 is 0 Å². The number of phenolic OH excluding ortho intramolecular Hbond substituents is 1. The first-order chi connectivity index (χ1) is 17.0. The van der Waals surface area contributed by atoms with E-state index >= 15 is 0 Å². The summed E-state index contributed by atoms with van der Waals surface area (Å²) < 4.78 is 5.41. The van der Waals surface area contributed by atoms with Crippen molar-refractivity contribution < 1.29 is 19.4 Å². The van der Waals surface area contributed by atoms with E-state index in [0.29, 0.717) is 25.1 Å². The fraction of sp³-hybridized carbons (Fsp3) is 0.419. The summed E-state index contributed by atoms with van der Waals surface area (Å²) in [6.07, 6.45) is 2.41. The molecule has 0 spiro atoms. The van der Waals surface area contributed by atoms with E-state index in [1.807, 2.05) is 24.3 Å². The highest BCUT2D eigenvalue weighted by atomic mass is 16.5. The van der Waals surface area contributed by atoms with Crippen LogP contribution in [0.1, 0.15) is 70.4 Å². The summed E-state index contributed by atoms with van der Waals surface area (Å²) in [7, 11) is 1.51. The van der Waals surface area contributed by atoms with Gasteiger partial charge < -0.3 is 14.7 Å². The van der Waals surface area contributed by atoms with Crippen LogP contribution in [0.3, 0.4) is 0 Å². The van der Waals surface area contributed by atoms with Crippen LogP contribution in [0.5, 0.6) is 11.5 Å². The van der Waals surface area contributed by atoms with Crippen LogP contribution in [-0.4, -0.2) is 28.7 Å². The first-order valence-corrected chi connectivity index (χ1v) is 12.7. The van der Waals surface area contributed by atoms with E-state index in [9.17, 15) is 14.7 Å². The number of ether oxygens (including phenoxy) is 1. The van der Waals surface area contributed by atoms with E-state index in [4.69, 9.17) is 4.74 Å². The predicted molar refractivity (Wildman–Crippen MR) is 139 cm³/mol. The van der Waals surface area contributed by atoms with Crippen molar-refractivity contribution in [1.82, 2.24) is 4.90 Å². The molecule has 0 unspecified atom stereocenters.